The maximum absolute atomic E-state index is 10.3. The van der Waals surface area contributed by atoms with Crippen LogP contribution in [0.1, 0.15) is 84.0 Å². The van der Waals surface area contributed by atoms with Gasteiger partial charge < -0.3 is 15.3 Å². The lowest BCUT2D eigenvalue weighted by atomic mass is 10.0. The van der Waals surface area contributed by atoms with Crippen LogP contribution in [0.2, 0.25) is 0 Å². The van der Waals surface area contributed by atoms with E-state index in [-0.39, 0.29) is 18.6 Å². The molecule has 0 aliphatic heterocycles. The van der Waals surface area contributed by atoms with Crippen molar-refractivity contribution in [3.8, 4) is 0 Å². The van der Waals surface area contributed by atoms with Gasteiger partial charge in [0.05, 0.1) is 12.2 Å². The van der Waals surface area contributed by atoms with E-state index in [4.69, 9.17) is 5.11 Å². The average Bonchev–Trinajstić information content (AvgIpc) is 2.48. The van der Waals surface area contributed by atoms with Gasteiger partial charge in [0.1, 0.15) is 0 Å². The van der Waals surface area contributed by atoms with Gasteiger partial charge in [0.25, 0.3) is 0 Å². The Bertz CT molecular complexity index is 289. The third-order valence-electron chi connectivity index (χ3n) is 3.81. The van der Waals surface area contributed by atoms with Gasteiger partial charge in [-0.3, -0.25) is 4.79 Å². The predicted octanol–water partition coefficient (Wildman–Crippen LogP) is 4.05. The number of hydrogen-bond donors (Lipinski definition) is 3. The van der Waals surface area contributed by atoms with Crippen molar-refractivity contribution in [1.29, 1.82) is 0 Å². The molecule has 3 N–H and O–H groups in total. The summed E-state index contributed by atoms with van der Waals surface area (Å²) in [4.78, 5) is 10.3. The van der Waals surface area contributed by atoms with Gasteiger partial charge in [0.15, 0.2) is 0 Å². The third-order valence-corrected chi connectivity index (χ3v) is 3.81. The van der Waals surface area contributed by atoms with Crippen LogP contribution in [0.4, 0.5) is 0 Å². The highest BCUT2D eigenvalue weighted by Crippen LogP contribution is 2.11. The van der Waals surface area contributed by atoms with Gasteiger partial charge in [0.2, 0.25) is 0 Å². The number of aliphatic carboxylic acids is 1. The first-order valence-corrected chi connectivity index (χ1v) is 8.79. The van der Waals surface area contributed by atoms with Crippen molar-refractivity contribution in [2.75, 3.05) is 0 Å². The molecular formula is C18H34O4. The van der Waals surface area contributed by atoms with E-state index in [2.05, 4.69) is 6.92 Å². The quantitative estimate of drug-likeness (QED) is 0.315. The Morgan fingerprint density at radius 2 is 1.59 bits per heavy atom. The summed E-state index contributed by atoms with van der Waals surface area (Å²) >= 11 is 0. The van der Waals surface area contributed by atoms with Crippen molar-refractivity contribution in [3.05, 3.63) is 12.2 Å². The Kier molecular flexibility index (Phi) is 14.4. The minimum atomic E-state index is -0.731. The Labute approximate surface area is 135 Å². The first kappa shape index (κ1) is 21.1. The van der Waals surface area contributed by atoms with Crippen LogP contribution in [0.25, 0.3) is 0 Å². The molecule has 4 nitrogen and oxygen atoms in total. The number of aliphatic hydroxyl groups is 2. The Morgan fingerprint density at radius 1 is 0.909 bits per heavy atom. The molecule has 0 saturated heterocycles. The zero-order valence-corrected chi connectivity index (χ0v) is 14.0. The molecule has 0 aromatic heterocycles. The van der Waals surface area contributed by atoms with Gasteiger partial charge in [-0.2, -0.15) is 0 Å². The molecule has 4 heteroatoms. The zero-order chi connectivity index (χ0) is 16.6. The largest absolute Gasteiger partial charge is 0.481 e. The Hall–Kier alpha value is -0.870. The standard InChI is InChI=1S/C18H34O4/c1-2-3-11-16(19)13-8-6-9-14-17(20)12-7-4-5-10-15-18(21)22/h6,9,16-17,19-20H,2-5,7-8,10-15H2,1H3,(H,21,22)/b9-6+. The lowest BCUT2D eigenvalue weighted by molar-refractivity contribution is -0.137. The number of carbonyl (C=O) groups is 1. The van der Waals surface area contributed by atoms with Crippen LogP contribution >= 0.6 is 0 Å². The maximum atomic E-state index is 10.3. The monoisotopic (exact) mass is 314 g/mol. The van der Waals surface area contributed by atoms with Gasteiger partial charge >= 0.3 is 5.97 Å². The highest BCUT2D eigenvalue weighted by atomic mass is 16.4. The molecule has 0 amide bonds. The molecule has 0 aromatic carbocycles. The summed E-state index contributed by atoms with van der Waals surface area (Å²) in [6.07, 6.45) is 13.6. The highest BCUT2D eigenvalue weighted by molar-refractivity contribution is 5.66. The number of rotatable bonds is 15. The van der Waals surface area contributed by atoms with Crippen molar-refractivity contribution in [2.24, 2.45) is 0 Å². The fourth-order valence-electron chi connectivity index (χ4n) is 2.37. The highest BCUT2D eigenvalue weighted by Gasteiger charge is 2.03. The molecule has 0 rings (SSSR count). The number of unbranched alkanes of at least 4 members (excludes halogenated alkanes) is 4. The molecule has 0 aromatic rings. The van der Waals surface area contributed by atoms with E-state index in [9.17, 15) is 15.0 Å². The van der Waals surface area contributed by atoms with E-state index in [1.54, 1.807) is 0 Å². The van der Waals surface area contributed by atoms with Crippen LogP contribution in [0.3, 0.4) is 0 Å². The minimum Gasteiger partial charge on any atom is -0.481 e. The third kappa shape index (κ3) is 15.5. The van der Waals surface area contributed by atoms with Gasteiger partial charge in [0, 0.05) is 6.42 Å². The lowest BCUT2D eigenvalue weighted by Gasteiger charge is -2.08. The second-order valence-corrected chi connectivity index (χ2v) is 6.08. The Balaban J connectivity index is 3.42. The van der Waals surface area contributed by atoms with Crippen molar-refractivity contribution >= 4 is 5.97 Å². The van der Waals surface area contributed by atoms with Crippen molar-refractivity contribution in [3.63, 3.8) is 0 Å². The molecule has 130 valence electrons. The summed E-state index contributed by atoms with van der Waals surface area (Å²) in [6.45, 7) is 2.13. The van der Waals surface area contributed by atoms with Crippen LogP contribution < -0.4 is 0 Å². The zero-order valence-electron chi connectivity index (χ0n) is 14.0. The van der Waals surface area contributed by atoms with Crippen LogP contribution in [0.5, 0.6) is 0 Å². The van der Waals surface area contributed by atoms with E-state index >= 15 is 0 Å². The summed E-state index contributed by atoms with van der Waals surface area (Å²) in [5.74, 6) is -0.731. The van der Waals surface area contributed by atoms with Crippen LogP contribution in [0.15, 0.2) is 12.2 Å². The van der Waals surface area contributed by atoms with E-state index < -0.39 is 5.97 Å². The summed E-state index contributed by atoms with van der Waals surface area (Å²) in [5.41, 5.74) is 0. The SMILES string of the molecule is CCCCC(O)CC/C=C/CC(O)CCCCCCC(=O)O. The van der Waals surface area contributed by atoms with E-state index in [0.29, 0.717) is 6.42 Å². The predicted molar refractivity (Wildman–Crippen MR) is 89.9 cm³/mol. The van der Waals surface area contributed by atoms with Crippen LogP contribution in [-0.2, 0) is 4.79 Å². The number of carboxylic acid groups (broad SMARTS) is 1. The minimum absolute atomic E-state index is 0.194. The van der Waals surface area contributed by atoms with Crippen LogP contribution in [-0.4, -0.2) is 33.5 Å². The molecule has 0 fully saturated rings. The summed E-state index contributed by atoms with van der Waals surface area (Å²) in [6, 6.07) is 0. The second-order valence-electron chi connectivity index (χ2n) is 6.08. The summed E-state index contributed by atoms with van der Waals surface area (Å²) < 4.78 is 0. The lowest BCUT2D eigenvalue weighted by Crippen LogP contribution is -2.05. The molecule has 2 atom stereocenters. The number of allylic oxidation sites excluding steroid dienone is 1. The first-order chi connectivity index (χ1) is 10.6. The number of aliphatic hydroxyl groups excluding tert-OH is 2. The number of hydrogen-bond acceptors (Lipinski definition) is 3. The van der Waals surface area contributed by atoms with Crippen molar-refractivity contribution < 1.29 is 20.1 Å². The smallest absolute Gasteiger partial charge is 0.303 e. The van der Waals surface area contributed by atoms with Gasteiger partial charge in [-0.1, -0.05) is 51.2 Å². The summed E-state index contributed by atoms with van der Waals surface area (Å²) in [5, 5.41) is 28.0. The molecule has 0 aliphatic carbocycles. The fourth-order valence-corrected chi connectivity index (χ4v) is 2.37. The van der Waals surface area contributed by atoms with Gasteiger partial charge in [-0.05, 0) is 38.5 Å². The first-order valence-electron chi connectivity index (χ1n) is 8.79. The molecular weight excluding hydrogens is 280 g/mol. The number of carboxylic acids is 1. The Morgan fingerprint density at radius 3 is 2.27 bits per heavy atom. The molecule has 0 aliphatic rings. The fraction of sp³-hybridized carbons (Fsp3) is 0.833. The molecule has 0 radical (unpaired) electrons. The van der Waals surface area contributed by atoms with Gasteiger partial charge in [-0.25, -0.2) is 0 Å². The molecule has 22 heavy (non-hydrogen) atoms. The average molecular weight is 314 g/mol. The molecule has 2 unspecified atom stereocenters. The van der Waals surface area contributed by atoms with Crippen molar-refractivity contribution in [2.45, 2.75) is 96.2 Å². The normalized spacial score (nSPS) is 14.3. The van der Waals surface area contributed by atoms with Gasteiger partial charge in [-0.15, -0.1) is 0 Å². The molecule has 0 spiro atoms. The van der Waals surface area contributed by atoms with Crippen molar-refractivity contribution in [1.82, 2.24) is 0 Å². The van der Waals surface area contributed by atoms with Crippen LogP contribution in [0, 0.1) is 0 Å². The molecule has 0 heterocycles. The van der Waals surface area contributed by atoms with E-state index in [1.807, 2.05) is 12.2 Å². The molecule has 0 bridgehead atoms. The van der Waals surface area contributed by atoms with E-state index in [0.717, 1.165) is 64.2 Å². The van der Waals surface area contributed by atoms with E-state index in [1.165, 1.54) is 0 Å². The molecule has 0 saturated carbocycles. The summed E-state index contributed by atoms with van der Waals surface area (Å²) in [7, 11) is 0. The second kappa shape index (κ2) is 15.0. The maximum Gasteiger partial charge on any atom is 0.303 e. The topological polar surface area (TPSA) is 77.8 Å².